The van der Waals surface area contributed by atoms with Crippen molar-refractivity contribution in [1.82, 2.24) is 14.7 Å². The molecule has 138 valence electrons. The minimum absolute atomic E-state index is 0.0913. The van der Waals surface area contributed by atoms with Crippen molar-refractivity contribution < 1.29 is 14.3 Å². The zero-order chi connectivity index (χ0) is 17.5. The van der Waals surface area contributed by atoms with Crippen LogP contribution in [0.2, 0.25) is 0 Å². The van der Waals surface area contributed by atoms with Crippen LogP contribution in [0.25, 0.3) is 0 Å². The lowest BCUT2D eigenvalue weighted by atomic mass is 9.88. The van der Waals surface area contributed by atoms with Crippen LogP contribution in [-0.4, -0.2) is 86.0 Å². The van der Waals surface area contributed by atoms with Crippen LogP contribution < -0.4 is 0 Å². The lowest BCUT2D eigenvalue weighted by molar-refractivity contribution is -0.139. The molecule has 1 saturated carbocycles. The summed E-state index contributed by atoms with van der Waals surface area (Å²) in [7, 11) is 3.55. The van der Waals surface area contributed by atoms with Gasteiger partial charge in [0.2, 0.25) is 11.8 Å². The van der Waals surface area contributed by atoms with Gasteiger partial charge in [-0.3, -0.25) is 14.5 Å². The van der Waals surface area contributed by atoms with Gasteiger partial charge >= 0.3 is 0 Å². The summed E-state index contributed by atoms with van der Waals surface area (Å²) in [6.45, 7) is 5.92. The monoisotopic (exact) mass is 339 g/mol. The third kappa shape index (κ3) is 5.74. The van der Waals surface area contributed by atoms with Gasteiger partial charge in [-0.25, -0.2) is 0 Å². The molecule has 6 heteroatoms. The number of nitrogens with zero attached hydrogens (tertiary/aromatic N) is 3. The first-order valence-corrected chi connectivity index (χ1v) is 9.29. The summed E-state index contributed by atoms with van der Waals surface area (Å²) in [6.07, 6.45) is 5.92. The summed E-state index contributed by atoms with van der Waals surface area (Å²) in [5.74, 6) is 0.765. The van der Waals surface area contributed by atoms with E-state index in [1.165, 1.54) is 19.3 Å². The Bertz CT molecular complexity index is 428. The molecule has 0 unspecified atom stereocenters. The van der Waals surface area contributed by atoms with Crippen molar-refractivity contribution in [2.45, 2.75) is 45.1 Å². The summed E-state index contributed by atoms with van der Waals surface area (Å²) >= 11 is 0. The van der Waals surface area contributed by atoms with E-state index in [2.05, 4.69) is 11.8 Å². The van der Waals surface area contributed by atoms with Gasteiger partial charge in [0.1, 0.15) is 6.61 Å². The summed E-state index contributed by atoms with van der Waals surface area (Å²) in [5.41, 5.74) is 0. The second kappa shape index (κ2) is 9.37. The fourth-order valence-electron chi connectivity index (χ4n) is 3.51. The Kier molecular flexibility index (Phi) is 7.49. The molecule has 0 N–H and O–H groups in total. The zero-order valence-electron chi connectivity index (χ0n) is 15.5. The number of hydrogen-bond donors (Lipinski definition) is 0. The molecule has 2 atom stereocenters. The van der Waals surface area contributed by atoms with Crippen molar-refractivity contribution in [2.75, 3.05) is 53.4 Å². The Morgan fingerprint density at radius 3 is 2.50 bits per heavy atom. The van der Waals surface area contributed by atoms with E-state index < -0.39 is 0 Å². The molecule has 6 nitrogen and oxygen atoms in total. The lowest BCUT2D eigenvalue weighted by Crippen LogP contribution is -2.41. The van der Waals surface area contributed by atoms with Crippen molar-refractivity contribution in [3.63, 3.8) is 0 Å². The van der Waals surface area contributed by atoms with Gasteiger partial charge in [-0.2, -0.15) is 0 Å². The highest BCUT2D eigenvalue weighted by Crippen LogP contribution is 2.26. The molecule has 1 aliphatic carbocycles. The zero-order valence-corrected chi connectivity index (χ0v) is 15.5. The molecule has 0 bridgehead atoms. The molecule has 0 aromatic carbocycles. The molecule has 1 saturated heterocycles. The van der Waals surface area contributed by atoms with Crippen LogP contribution >= 0.6 is 0 Å². The van der Waals surface area contributed by atoms with E-state index in [1.807, 2.05) is 4.90 Å². The van der Waals surface area contributed by atoms with Gasteiger partial charge in [-0.1, -0.05) is 19.8 Å². The molecule has 1 heterocycles. The van der Waals surface area contributed by atoms with Crippen molar-refractivity contribution in [2.24, 2.45) is 5.92 Å². The average molecular weight is 339 g/mol. The maximum Gasteiger partial charge on any atom is 0.248 e. The minimum atomic E-state index is 0.0913. The Hall–Kier alpha value is -1.14. The van der Waals surface area contributed by atoms with Crippen LogP contribution in [0.5, 0.6) is 0 Å². The summed E-state index contributed by atoms with van der Waals surface area (Å²) in [4.78, 5) is 29.9. The number of amides is 2. The third-order valence-electron chi connectivity index (χ3n) is 5.25. The fourth-order valence-corrected chi connectivity index (χ4v) is 3.51. The Labute approximate surface area is 146 Å². The predicted molar refractivity (Wildman–Crippen MR) is 93.7 cm³/mol. The molecule has 2 fully saturated rings. The number of carbonyl (C=O) groups is 2. The van der Waals surface area contributed by atoms with Crippen LogP contribution in [0.3, 0.4) is 0 Å². The van der Waals surface area contributed by atoms with E-state index in [0.717, 1.165) is 32.5 Å². The van der Waals surface area contributed by atoms with Crippen molar-refractivity contribution in [1.29, 1.82) is 0 Å². The molecule has 2 rings (SSSR count). The van der Waals surface area contributed by atoms with Gasteiger partial charge in [0, 0.05) is 40.3 Å². The van der Waals surface area contributed by atoms with Crippen LogP contribution in [-0.2, 0) is 14.3 Å². The molecule has 0 aromatic heterocycles. The normalized spacial score (nSPS) is 26.0. The number of ether oxygens (including phenoxy) is 1. The number of rotatable bonds is 5. The summed E-state index contributed by atoms with van der Waals surface area (Å²) < 4.78 is 5.91. The molecule has 2 aliphatic rings. The maximum atomic E-state index is 12.4. The highest BCUT2D eigenvalue weighted by molar-refractivity contribution is 5.78. The Balaban J connectivity index is 1.74. The average Bonchev–Trinajstić information content (AvgIpc) is 2.79. The molecular weight excluding hydrogens is 306 g/mol. The van der Waals surface area contributed by atoms with Gasteiger partial charge in [-0.05, 0) is 25.2 Å². The van der Waals surface area contributed by atoms with Crippen LogP contribution in [0.1, 0.15) is 39.0 Å². The SMILES string of the molecule is C[C@@H]1CCCC[C@H]1OCC(=O)N1CCCN(CC(=O)N(C)C)CC1. The van der Waals surface area contributed by atoms with E-state index in [4.69, 9.17) is 4.74 Å². The van der Waals surface area contributed by atoms with Crippen LogP contribution in [0.4, 0.5) is 0 Å². The van der Waals surface area contributed by atoms with Crippen LogP contribution in [0, 0.1) is 5.92 Å². The van der Waals surface area contributed by atoms with Gasteiger partial charge in [0.15, 0.2) is 0 Å². The molecule has 2 amide bonds. The molecule has 0 spiro atoms. The summed E-state index contributed by atoms with van der Waals surface area (Å²) in [5, 5.41) is 0. The second-order valence-corrected chi connectivity index (χ2v) is 7.41. The first kappa shape index (κ1) is 19.2. The molecule has 1 aliphatic heterocycles. The van der Waals surface area contributed by atoms with Gasteiger partial charge < -0.3 is 14.5 Å². The Morgan fingerprint density at radius 2 is 1.79 bits per heavy atom. The maximum absolute atomic E-state index is 12.4. The number of carbonyl (C=O) groups excluding carboxylic acids is 2. The molecule has 0 radical (unpaired) electrons. The topological polar surface area (TPSA) is 53.1 Å². The largest absolute Gasteiger partial charge is 0.368 e. The molecular formula is C18H33N3O3. The number of likely N-dealkylation sites (N-methyl/N-ethyl adjacent to an activating group) is 1. The van der Waals surface area contributed by atoms with Crippen molar-refractivity contribution >= 4 is 11.8 Å². The predicted octanol–water partition coefficient (Wildman–Crippen LogP) is 1.20. The summed E-state index contributed by atoms with van der Waals surface area (Å²) in [6, 6.07) is 0. The lowest BCUT2D eigenvalue weighted by Gasteiger charge is -2.29. The van der Waals surface area contributed by atoms with Crippen molar-refractivity contribution in [3.8, 4) is 0 Å². The second-order valence-electron chi connectivity index (χ2n) is 7.41. The standard InChI is InChI=1S/C18H33N3O3/c1-15-7-4-5-8-16(15)24-14-18(23)21-10-6-9-20(11-12-21)13-17(22)19(2)3/h15-16H,4-14H2,1-3H3/t15-,16-/m1/s1. The first-order valence-electron chi connectivity index (χ1n) is 9.29. The van der Waals surface area contributed by atoms with Gasteiger partial charge in [0.05, 0.1) is 12.6 Å². The Morgan fingerprint density at radius 1 is 1.04 bits per heavy atom. The van der Waals surface area contributed by atoms with E-state index in [1.54, 1.807) is 19.0 Å². The van der Waals surface area contributed by atoms with Gasteiger partial charge in [0.25, 0.3) is 0 Å². The van der Waals surface area contributed by atoms with E-state index in [0.29, 0.717) is 19.0 Å². The highest BCUT2D eigenvalue weighted by atomic mass is 16.5. The minimum Gasteiger partial charge on any atom is -0.368 e. The quantitative estimate of drug-likeness (QED) is 0.755. The van der Waals surface area contributed by atoms with E-state index in [-0.39, 0.29) is 24.5 Å². The van der Waals surface area contributed by atoms with Gasteiger partial charge in [-0.15, -0.1) is 0 Å². The molecule has 24 heavy (non-hydrogen) atoms. The molecule has 0 aromatic rings. The number of hydrogen-bond acceptors (Lipinski definition) is 4. The first-order chi connectivity index (χ1) is 11.5. The smallest absolute Gasteiger partial charge is 0.248 e. The highest BCUT2D eigenvalue weighted by Gasteiger charge is 2.25. The third-order valence-corrected chi connectivity index (χ3v) is 5.25. The van der Waals surface area contributed by atoms with Crippen LogP contribution in [0.15, 0.2) is 0 Å². The van der Waals surface area contributed by atoms with E-state index in [9.17, 15) is 9.59 Å². The van der Waals surface area contributed by atoms with E-state index >= 15 is 0 Å². The fraction of sp³-hybridized carbons (Fsp3) is 0.889. The van der Waals surface area contributed by atoms with Crippen molar-refractivity contribution in [3.05, 3.63) is 0 Å².